The average Bonchev–Trinajstić information content (AvgIpc) is 2.46. The molecule has 1 aliphatic heterocycles. The van der Waals surface area contributed by atoms with Gasteiger partial charge in [0.2, 0.25) is 0 Å². The Kier molecular flexibility index (Phi) is 4.18. The van der Waals surface area contributed by atoms with Gasteiger partial charge in [0.1, 0.15) is 4.99 Å². The Morgan fingerprint density at radius 1 is 1.20 bits per heavy atom. The summed E-state index contributed by atoms with van der Waals surface area (Å²) in [6.07, 6.45) is 8.03. The molecule has 4 heteroatoms. The molecule has 0 bridgehead atoms. The van der Waals surface area contributed by atoms with Crippen LogP contribution in [0.25, 0.3) is 0 Å². The predicted octanol–water partition coefficient (Wildman–Crippen LogP) is 4.13. The summed E-state index contributed by atoms with van der Waals surface area (Å²) in [7, 11) is 0. The van der Waals surface area contributed by atoms with Crippen LogP contribution in [0.15, 0.2) is 18.2 Å². The van der Waals surface area contributed by atoms with E-state index < -0.39 is 0 Å². The molecule has 2 aliphatic rings. The molecule has 1 aliphatic carbocycles. The highest BCUT2D eigenvalue weighted by Gasteiger charge is 2.34. The molecule has 1 heterocycles. The zero-order valence-corrected chi connectivity index (χ0v) is 13.2. The molecular weight excluding hydrogens is 288 g/mol. The summed E-state index contributed by atoms with van der Waals surface area (Å²) >= 11 is 11.3. The van der Waals surface area contributed by atoms with Crippen molar-refractivity contribution < 1.29 is 0 Å². The van der Waals surface area contributed by atoms with Crippen LogP contribution >= 0.6 is 23.8 Å². The van der Waals surface area contributed by atoms with Gasteiger partial charge in [0.05, 0.1) is 0 Å². The zero-order valence-electron chi connectivity index (χ0n) is 11.6. The second-order valence-electron chi connectivity index (χ2n) is 5.97. The third-order valence-corrected chi connectivity index (χ3v) is 5.23. The number of thiocarbonyl (C=S) groups is 1. The van der Waals surface area contributed by atoms with Crippen LogP contribution in [0.4, 0.5) is 5.69 Å². The molecule has 0 radical (unpaired) electrons. The highest BCUT2D eigenvalue weighted by Crippen LogP contribution is 2.39. The van der Waals surface area contributed by atoms with Crippen LogP contribution in [-0.4, -0.2) is 17.6 Å². The number of nitrogens with zero attached hydrogens (tertiary/aromatic N) is 1. The number of fused-ring (bicyclic) bond motifs is 1. The number of nitrogens with two attached hydrogens (primary N) is 1. The topological polar surface area (TPSA) is 29.3 Å². The minimum absolute atomic E-state index is 0.445. The maximum atomic E-state index is 6.10. The van der Waals surface area contributed by atoms with Crippen molar-refractivity contribution in [1.82, 2.24) is 0 Å². The Hall–Kier alpha value is -0.800. The highest BCUT2D eigenvalue weighted by atomic mass is 35.5. The average molecular weight is 309 g/mol. The number of halogens is 1. The van der Waals surface area contributed by atoms with Crippen LogP contribution in [0.2, 0.25) is 5.02 Å². The highest BCUT2D eigenvalue weighted by molar-refractivity contribution is 7.80. The summed E-state index contributed by atoms with van der Waals surface area (Å²) in [6.45, 7) is 1.11. The van der Waals surface area contributed by atoms with E-state index in [0.717, 1.165) is 18.0 Å². The molecular formula is C16H21ClN2S. The molecule has 0 aromatic heterocycles. The van der Waals surface area contributed by atoms with Crippen molar-refractivity contribution in [3.05, 3.63) is 28.8 Å². The predicted molar refractivity (Wildman–Crippen MR) is 89.7 cm³/mol. The van der Waals surface area contributed by atoms with Gasteiger partial charge in [-0.3, -0.25) is 0 Å². The second kappa shape index (κ2) is 5.90. The minimum Gasteiger partial charge on any atom is -0.389 e. The van der Waals surface area contributed by atoms with Crippen LogP contribution in [0, 0.1) is 5.92 Å². The van der Waals surface area contributed by atoms with Crippen LogP contribution in [0.5, 0.6) is 0 Å². The lowest BCUT2D eigenvalue weighted by atomic mass is 9.78. The van der Waals surface area contributed by atoms with Crippen molar-refractivity contribution in [3.63, 3.8) is 0 Å². The monoisotopic (exact) mass is 308 g/mol. The Bertz CT molecular complexity index is 515. The molecule has 2 fully saturated rings. The SMILES string of the molecule is NC(=S)c1cc(Cl)ccc1N1CCCC2CCCCC21. The molecule has 1 saturated heterocycles. The van der Waals surface area contributed by atoms with Crippen LogP contribution < -0.4 is 10.6 Å². The van der Waals surface area contributed by atoms with Gasteiger partial charge >= 0.3 is 0 Å². The molecule has 20 heavy (non-hydrogen) atoms. The van der Waals surface area contributed by atoms with Gasteiger partial charge in [0, 0.05) is 28.9 Å². The van der Waals surface area contributed by atoms with Gasteiger partial charge in [0.15, 0.2) is 0 Å². The molecule has 1 aromatic rings. The molecule has 108 valence electrons. The molecule has 0 spiro atoms. The fraction of sp³-hybridized carbons (Fsp3) is 0.562. The van der Waals surface area contributed by atoms with E-state index in [4.69, 9.17) is 29.6 Å². The van der Waals surface area contributed by atoms with Gasteiger partial charge in [0.25, 0.3) is 0 Å². The standard InChI is InChI=1S/C16H21ClN2S/c17-12-7-8-15(13(10-12)16(18)20)19-9-3-5-11-4-1-2-6-14(11)19/h7-8,10-11,14H,1-6,9H2,(H2,18,20). The Morgan fingerprint density at radius 2 is 1.95 bits per heavy atom. The number of anilines is 1. The van der Waals surface area contributed by atoms with Crippen molar-refractivity contribution in [3.8, 4) is 0 Å². The van der Waals surface area contributed by atoms with Gasteiger partial charge in [-0.1, -0.05) is 36.7 Å². The normalized spacial score (nSPS) is 26.1. The maximum absolute atomic E-state index is 6.10. The van der Waals surface area contributed by atoms with E-state index in [2.05, 4.69) is 11.0 Å². The Morgan fingerprint density at radius 3 is 2.75 bits per heavy atom. The first-order valence-electron chi connectivity index (χ1n) is 7.53. The van der Waals surface area contributed by atoms with E-state index in [-0.39, 0.29) is 0 Å². The fourth-order valence-corrected chi connectivity index (χ4v) is 4.22. The van der Waals surface area contributed by atoms with Crippen molar-refractivity contribution in [2.24, 2.45) is 11.7 Å². The van der Waals surface area contributed by atoms with Crippen LogP contribution in [-0.2, 0) is 0 Å². The fourth-order valence-electron chi connectivity index (χ4n) is 3.88. The quantitative estimate of drug-likeness (QED) is 0.833. The van der Waals surface area contributed by atoms with E-state index >= 15 is 0 Å². The van der Waals surface area contributed by atoms with Crippen molar-refractivity contribution >= 4 is 34.5 Å². The van der Waals surface area contributed by atoms with Gasteiger partial charge in [-0.25, -0.2) is 0 Å². The summed E-state index contributed by atoms with van der Waals surface area (Å²) in [5.41, 5.74) is 8.01. The van der Waals surface area contributed by atoms with E-state index in [0.29, 0.717) is 16.1 Å². The van der Waals surface area contributed by atoms with Gasteiger partial charge in [-0.05, 0) is 49.8 Å². The van der Waals surface area contributed by atoms with E-state index in [1.165, 1.54) is 44.2 Å². The molecule has 2 N–H and O–H groups in total. The molecule has 2 atom stereocenters. The number of rotatable bonds is 2. The third-order valence-electron chi connectivity index (χ3n) is 4.78. The Balaban J connectivity index is 1.96. The summed E-state index contributed by atoms with van der Waals surface area (Å²) in [4.78, 5) is 2.98. The molecule has 2 unspecified atom stereocenters. The smallest absolute Gasteiger partial charge is 0.106 e. The molecule has 0 amide bonds. The molecule has 1 saturated carbocycles. The maximum Gasteiger partial charge on any atom is 0.106 e. The summed E-state index contributed by atoms with van der Waals surface area (Å²) in [5.74, 6) is 0.840. The van der Waals surface area contributed by atoms with Crippen molar-refractivity contribution in [1.29, 1.82) is 0 Å². The lowest BCUT2D eigenvalue weighted by Gasteiger charge is -2.46. The van der Waals surface area contributed by atoms with E-state index in [1.54, 1.807) is 0 Å². The van der Waals surface area contributed by atoms with Gasteiger partial charge < -0.3 is 10.6 Å². The first kappa shape index (κ1) is 14.2. The van der Waals surface area contributed by atoms with Crippen molar-refractivity contribution in [2.75, 3.05) is 11.4 Å². The summed E-state index contributed by atoms with van der Waals surface area (Å²) in [5, 5.41) is 0.703. The van der Waals surface area contributed by atoms with Gasteiger partial charge in [-0.15, -0.1) is 0 Å². The second-order valence-corrected chi connectivity index (χ2v) is 6.85. The first-order valence-corrected chi connectivity index (χ1v) is 8.31. The largest absolute Gasteiger partial charge is 0.389 e. The molecule has 3 rings (SSSR count). The number of benzene rings is 1. The number of piperidine rings is 1. The summed E-state index contributed by atoms with van der Waals surface area (Å²) in [6, 6.07) is 6.61. The van der Waals surface area contributed by atoms with Crippen LogP contribution in [0.1, 0.15) is 44.1 Å². The first-order chi connectivity index (χ1) is 9.66. The number of hydrogen-bond donors (Lipinski definition) is 1. The van der Waals surface area contributed by atoms with Crippen LogP contribution in [0.3, 0.4) is 0 Å². The van der Waals surface area contributed by atoms with Crippen molar-refractivity contribution in [2.45, 2.75) is 44.6 Å². The Labute approximate surface area is 131 Å². The lowest BCUT2D eigenvalue weighted by molar-refractivity contribution is 0.244. The lowest BCUT2D eigenvalue weighted by Crippen LogP contribution is -2.47. The number of hydrogen-bond acceptors (Lipinski definition) is 2. The minimum atomic E-state index is 0.445. The zero-order chi connectivity index (χ0) is 14.1. The van der Waals surface area contributed by atoms with Gasteiger partial charge in [-0.2, -0.15) is 0 Å². The molecule has 1 aromatic carbocycles. The third kappa shape index (κ3) is 2.66. The molecule has 2 nitrogen and oxygen atoms in total. The van der Waals surface area contributed by atoms with E-state index in [1.807, 2.05) is 12.1 Å². The van der Waals surface area contributed by atoms with E-state index in [9.17, 15) is 0 Å². The summed E-state index contributed by atoms with van der Waals surface area (Å²) < 4.78 is 0.